The highest BCUT2D eigenvalue weighted by atomic mass is 32.1. The fourth-order valence-electron chi connectivity index (χ4n) is 2.56. The van der Waals surface area contributed by atoms with Crippen LogP contribution in [0.15, 0.2) is 16.2 Å². The number of ether oxygens (including phenoxy) is 1. The van der Waals surface area contributed by atoms with E-state index in [1.54, 1.807) is 12.3 Å². The van der Waals surface area contributed by atoms with Gasteiger partial charge in [-0.25, -0.2) is 0 Å². The van der Waals surface area contributed by atoms with E-state index in [0.29, 0.717) is 11.3 Å². The van der Waals surface area contributed by atoms with Crippen LogP contribution in [-0.2, 0) is 22.6 Å². The van der Waals surface area contributed by atoms with E-state index in [9.17, 15) is 14.4 Å². The molecule has 0 aliphatic heterocycles. The smallest absolute Gasteiger partial charge is 0.326 e. The molecule has 0 saturated carbocycles. The number of rotatable bonds is 6. The van der Waals surface area contributed by atoms with Crippen LogP contribution in [0.1, 0.15) is 34.4 Å². The number of aryl methyl sites for hydroxylation is 2. The molecule has 2 rings (SSSR count). The molecule has 7 heteroatoms. The van der Waals surface area contributed by atoms with Crippen molar-refractivity contribution in [1.82, 2.24) is 9.13 Å². The molecule has 0 bridgehead atoms. The number of hydrogen-bond donors (Lipinski definition) is 0. The number of Topliss-reactive ketones (excluding diaryl/α,β-unsaturated/α-hetero) is 1. The standard InChI is InChI=1S/C16H20N2O4S/c1-5-17-10(2)6-13(12(17)4)14(19)8-22-15(20)7-18-11(3)9-23-16(18)21/h6,9H,5,7-8H2,1-4H3. The lowest BCUT2D eigenvalue weighted by atomic mass is 10.1. The molecule has 0 aromatic carbocycles. The summed E-state index contributed by atoms with van der Waals surface area (Å²) in [5, 5.41) is 1.68. The van der Waals surface area contributed by atoms with Crippen molar-refractivity contribution in [2.24, 2.45) is 0 Å². The van der Waals surface area contributed by atoms with Crippen molar-refractivity contribution in [3.05, 3.63) is 43.8 Å². The molecule has 0 amide bonds. The minimum absolute atomic E-state index is 0.171. The van der Waals surface area contributed by atoms with Gasteiger partial charge in [-0.3, -0.25) is 19.0 Å². The summed E-state index contributed by atoms with van der Waals surface area (Å²) in [4.78, 5) is 35.4. The number of hydrogen-bond acceptors (Lipinski definition) is 5. The molecule has 0 radical (unpaired) electrons. The van der Waals surface area contributed by atoms with Crippen LogP contribution >= 0.6 is 11.3 Å². The molecule has 23 heavy (non-hydrogen) atoms. The van der Waals surface area contributed by atoms with E-state index in [1.807, 2.05) is 31.4 Å². The number of esters is 1. The summed E-state index contributed by atoms with van der Waals surface area (Å²) in [6.07, 6.45) is 0. The van der Waals surface area contributed by atoms with Crippen LogP contribution in [0.4, 0.5) is 0 Å². The highest BCUT2D eigenvalue weighted by Gasteiger charge is 2.17. The van der Waals surface area contributed by atoms with Crippen molar-refractivity contribution in [1.29, 1.82) is 0 Å². The largest absolute Gasteiger partial charge is 0.456 e. The maximum atomic E-state index is 12.2. The monoisotopic (exact) mass is 336 g/mol. The fourth-order valence-corrected chi connectivity index (χ4v) is 3.30. The quantitative estimate of drug-likeness (QED) is 0.598. The van der Waals surface area contributed by atoms with Crippen molar-refractivity contribution in [2.75, 3.05) is 6.61 Å². The summed E-state index contributed by atoms with van der Waals surface area (Å²) in [6, 6.07) is 1.81. The van der Waals surface area contributed by atoms with E-state index in [4.69, 9.17) is 4.74 Å². The molecule has 0 atom stereocenters. The van der Waals surface area contributed by atoms with Gasteiger partial charge in [0.1, 0.15) is 6.54 Å². The molecule has 2 heterocycles. The van der Waals surface area contributed by atoms with Crippen molar-refractivity contribution in [3.8, 4) is 0 Å². The van der Waals surface area contributed by atoms with Crippen molar-refractivity contribution >= 4 is 23.1 Å². The van der Waals surface area contributed by atoms with Gasteiger partial charge in [0.05, 0.1) is 0 Å². The Bertz CT molecular complexity index is 798. The minimum atomic E-state index is -0.591. The Hall–Kier alpha value is -2.15. The average molecular weight is 336 g/mol. The highest BCUT2D eigenvalue weighted by molar-refractivity contribution is 7.07. The molecule has 124 valence electrons. The van der Waals surface area contributed by atoms with Gasteiger partial charge in [0, 0.05) is 34.6 Å². The van der Waals surface area contributed by atoms with Gasteiger partial charge in [0.2, 0.25) is 5.78 Å². The van der Waals surface area contributed by atoms with Gasteiger partial charge in [-0.1, -0.05) is 11.3 Å². The first kappa shape index (κ1) is 17.2. The predicted molar refractivity (Wildman–Crippen MR) is 88.2 cm³/mol. The van der Waals surface area contributed by atoms with Crippen molar-refractivity contribution in [2.45, 2.75) is 40.8 Å². The second-order valence-corrected chi connectivity index (χ2v) is 6.16. The Morgan fingerprint density at radius 1 is 1.17 bits per heavy atom. The van der Waals surface area contributed by atoms with Crippen LogP contribution in [0.3, 0.4) is 0 Å². The lowest BCUT2D eigenvalue weighted by Crippen LogP contribution is -2.24. The molecule has 0 fully saturated rings. The normalized spacial score (nSPS) is 10.8. The number of thiazole rings is 1. The van der Waals surface area contributed by atoms with Gasteiger partial charge in [-0.15, -0.1) is 0 Å². The predicted octanol–water partition coefficient (Wildman–Crippen LogP) is 2.08. The summed E-state index contributed by atoms with van der Waals surface area (Å²) < 4.78 is 8.39. The van der Waals surface area contributed by atoms with Crippen molar-refractivity contribution in [3.63, 3.8) is 0 Å². The minimum Gasteiger partial charge on any atom is -0.456 e. The number of carbonyl (C=O) groups excluding carboxylic acids is 2. The first-order chi connectivity index (χ1) is 10.8. The van der Waals surface area contributed by atoms with E-state index in [1.165, 1.54) is 4.57 Å². The van der Waals surface area contributed by atoms with Crippen LogP contribution < -0.4 is 4.87 Å². The first-order valence-corrected chi connectivity index (χ1v) is 8.23. The lowest BCUT2D eigenvalue weighted by molar-refractivity contribution is -0.143. The molecule has 0 unspecified atom stereocenters. The summed E-state index contributed by atoms with van der Waals surface area (Å²) in [7, 11) is 0. The van der Waals surface area contributed by atoms with Crippen molar-refractivity contribution < 1.29 is 14.3 Å². The molecule has 0 saturated heterocycles. The third-order valence-corrected chi connectivity index (χ3v) is 4.70. The summed E-state index contributed by atoms with van der Waals surface area (Å²) in [5.74, 6) is -0.827. The van der Waals surface area contributed by atoms with Gasteiger partial charge in [0.15, 0.2) is 6.61 Å². The number of nitrogens with zero attached hydrogens (tertiary/aromatic N) is 2. The second kappa shape index (κ2) is 6.95. The lowest BCUT2D eigenvalue weighted by Gasteiger charge is -2.07. The summed E-state index contributed by atoms with van der Waals surface area (Å²) in [5.41, 5.74) is 3.15. The first-order valence-electron chi connectivity index (χ1n) is 7.35. The Morgan fingerprint density at radius 2 is 1.87 bits per heavy atom. The van der Waals surface area contributed by atoms with Gasteiger partial charge in [-0.05, 0) is 33.8 Å². The SMILES string of the molecule is CCn1c(C)cc(C(=O)COC(=O)Cn2c(C)csc2=O)c1C. The molecule has 0 spiro atoms. The zero-order chi connectivity index (χ0) is 17.1. The van der Waals surface area contributed by atoms with E-state index in [0.717, 1.165) is 29.3 Å². The molecule has 0 aliphatic carbocycles. The third kappa shape index (κ3) is 3.61. The van der Waals surface area contributed by atoms with Gasteiger partial charge < -0.3 is 9.30 Å². The Balaban J connectivity index is 1.99. The topological polar surface area (TPSA) is 70.3 Å². The summed E-state index contributed by atoms with van der Waals surface area (Å²) in [6.45, 7) is 7.86. The Morgan fingerprint density at radius 3 is 2.39 bits per heavy atom. The average Bonchev–Trinajstić information content (AvgIpc) is 2.97. The Kier molecular flexibility index (Phi) is 5.20. The van der Waals surface area contributed by atoms with Gasteiger partial charge in [0.25, 0.3) is 0 Å². The van der Waals surface area contributed by atoms with E-state index in [2.05, 4.69) is 0 Å². The zero-order valence-electron chi connectivity index (χ0n) is 13.7. The number of aromatic nitrogens is 2. The zero-order valence-corrected chi connectivity index (χ0v) is 14.5. The van der Waals surface area contributed by atoms with Crippen LogP contribution in [0, 0.1) is 20.8 Å². The molecule has 2 aromatic heterocycles. The fraction of sp³-hybridized carbons (Fsp3) is 0.438. The van der Waals surface area contributed by atoms with Crippen LogP contribution in [0.5, 0.6) is 0 Å². The van der Waals surface area contributed by atoms with Crippen LogP contribution in [-0.4, -0.2) is 27.5 Å². The molecule has 2 aromatic rings. The van der Waals surface area contributed by atoms with E-state index in [-0.39, 0.29) is 23.8 Å². The maximum absolute atomic E-state index is 12.2. The molecule has 0 N–H and O–H groups in total. The molecule has 6 nitrogen and oxygen atoms in total. The third-order valence-electron chi connectivity index (χ3n) is 3.82. The van der Waals surface area contributed by atoms with Gasteiger partial charge in [-0.2, -0.15) is 0 Å². The van der Waals surface area contributed by atoms with Crippen LogP contribution in [0.25, 0.3) is 0 Å². The molecular formula is C16H20N2O4S. The van der Waals surface area contributed by atoms with E-state index < -0.39 is 5.97 Å². The number of ketones is 1. The number of carbonyl (C=O) groups is 2. The van der Waals surface area contributed by atoms with E-state index >= 15 is 0 Å². The molecule has 0 aliphatic rings. The summed E-state index contributed by atoms with van der Waals surface area (Å²) >= 11 is 1.03. The molecular weight excluding hydrogens is 316 g/mol. The Labute approximate surface area is 138 Å². The van der Waals surface area contributed by atoms with Crippen LogP contribution in [0.2, 0.25) is 0 Å². The van der Waals surface area contributed by atoms with Gasteiger partial charge >= 0.3 is 10.8 Å². The maximum Gasteiger partial charge on any atom is 0.326 e. The second-order valence-electron chi connectivity index (χ2n) is 5.34. The highest BCUT2D eigenvalue weighted by Crippen LogP contribution is 2.15.